The Kier molecular flexibility index (Phi) is 3.56. The highest BCUT2D eigenvalue weighted by molar-refractivity contribution is 5.99. The number of hydrogen-bond acceptors (Lipinski definition) is 3. The summed E-state index contributed by atoms with van der Waals surface area (Å²) in [6.45, 7) is 1.09. The van der Waals surface area contributed by atoms with Crippen LogP contribution in [0.5, 0.6) is 5.75 Å². The Labute approximate surface area is 114 Å². The molecule has 1 aromatic carbocycles. The van der Waals surface area contributed by atoms with Crippen molar-refractivity contribution >= 4 is 5.78 Å². The van der Waals surface area contributed by atoms with Crippen molar-refractivity contribution in [1.29, 1.82) is 0 Å². The normalized spacial score (nSPS) is 29.2. The number of benzene rings is 1. The van der Waals surface area contributed by atoms with Gasteiger partial charge in [0.25, 0.3) is 0 Å². The molecule has 1 saturated heterocycles. The third-order valence-electron chi connectivity index (χ3n) is 4.69. The van der Waals surface area contributed by atoms with Gasteiger partial charge >= 0.3 is 0 Å². The van der Waals surface area contributed by atoms with E-state index in [1.54, 1.807) is 7.11 Å². The third-order valence-corrected chi connectivity index (χ3v) is 4.69. The predicted molar refractivity (Wildman–Crippen MR) is 74.6 cm³/mol. The van der Waals surface area contributed by atoms with Gasteiger partial charge in [0.05, 0.1) is 12.7 Å². The minimum Gasteiger partial charge on any atom is -0.496 e. The van der Waals surface area contributed by atoms with Crippen LogP contribution in [0.25, 0.3) is 0 Å². The zero-order chi connectivity index (χ0) is 13.2. The lowest BCUT2D eigenvalue weighted by Crippen LogP contribution is -2.29. The number of rotatable bonds is 4. The van der Waals surface area contributed by atoms with Gasteiger partial charge < -0.3 is 10.1 Å². The standard InChI is InChI=1S/C16H21NO2/c1-19-16-8-3-2-6-13(16)15(18)9-14-12-7-4-5-11(12)10-17-14/h2-3,6,8,11-12,14,17H,4-5,7,9-10H2,1H3. The fraction of sp³-hybridized carbons (Fsp3) is 0.562. The molecule has 1 aliphatic heterocycles. The molecule has 1 heterocycles. The summed E-state index contributed by atoms with van der Waals surface area (Å²) in [4.78, 5) is 12.4. The summed E-state index contributed by atoms with van der Waals surface area (Å²) in [5.74, 6) is 2.39. The number of nitrogens with one attached hydrogen (secondary N) is 1. The molecule has 3 heteroatoms. The van der Waals surface area contributed by atoms with Gasteiger partial charge in [0.15, 0.2) is 5.78 Å². The first-order valence-corrected chi connectivity index (χ1v) is 7.19. The van der Waals surface area contributed by atoms with E-state index in [9.17, 15) is 4.79 Å². The van der Waals surface area contributed by atoms with Crippen LogP contribution in [0.3, 0.4) is 0 Å². The number of fused-ring (bicyclic) bond motifs is 1. The molecule has 0 spiro atoms. The first-order chi connectivity index (χ1) is 9.29. The van der Waals surface area contributed by atoms with Gasteiger partial charge in [-0.25, -0.2) is 0 Å². The molecule has 3 unspecified atom stereocenters. The molecule has 102 valence electrons. The molecule has 0 bridgehead atoms. The average molecular weight is 259 g/mol. The topological polar surface area (TPSA) is 38.3 Å². The summed E-state index contributed by atoms with van der Waals surface area (Å²) in [6.07, 6.45) is 4.54. The molecule has 1 N–H and O–H groups in total. The molecular formula is C16H21NO2. The van der Waals surface area contributed by atoms with E-state index < -0.39 is 0 Å². The van der Waals surface area contributed by atoms with Crippen molar-refractivity contribution in [1.82, 2.24) is 5.32 Å². The molecule has 0 radical (unpaired) electrons. The minimum absolute atomic E-state index is 0.197. The molecule has 1 aromatic rings. The number of carbonyl (C=O) groups excluding carboxylic acids is 1. The van der Waals surface area contributed by atoms with Crippen LogP contribution in [0.15, 0.2) is 24.3 Å². The summed E-state index contributed by atoms with van der Waals surface area (Å²) in [6, 6.07) is 7.88. The number of ketones is 1. The lowest BCUT2D eigenvalue weighted by atomic mass is 9.90. The maximum atomic E-state index is 12.4. The van der Waals surface area contributed by atoms with Crippen molar-refractivity contribution in [3.8, 4) is 5.75 Å². The van der Waals surface area contributed by atoms with Crippen molar-refractivity contribution in [3.05, 3.63) is 29.8 Å². The van der Waals surface area contributed by atoms with Crippen molar-refractivity contribution in [3.63, 3.8) is 0 Å². The maximum absolute atomic E-state index is 12.4. The number of methoxy groups -OCH3 is 1. The number of carbonyl (C=O) groups is 1. The molecule has 1 aliphatic carbocycles. The number of para-hydroxylation sites is 1. The highest BCUT2D eigenvalue weighted by Gasteiger charge is 2.39. The highest BCUT2D eigenvalue weighted by Crippen LogP contribution is 2.39. The Morgan fingerprint density at radius 1 is 1.37 bits per heavy atom. The van der Waals surface area contributed by atoms with Crippen molar-refractivity contribution in [2.75, 3.05) is 13.7 Å². The lowest BCUT2D eigenvalue weighted by molar-refractivity contribution is 0.0960. The Bertz CT molecular complexity index is 472. The van der Waals surface area contributed by atoms with E-state index in [1.807, 2.05) is 24.3 Å². The molecule has 3 rings (SSSR count). The van der Waals surface area contributed by atoms with E-state index in [1.165, 1.54) is 19.3 Å². The number of Topliss-reactive ketones (excluding diaryl/α,β-unsaturated/α-hetero) is 1. The number of ether oxygens (including phenoxy) is 1. The quantitative estimate of drug-likeness (QED) is 0.845. The van der Waals surface area contributed by atoms with Crippen LogP contribution in [0.4, 0.5) is 0 Å². The van der Waals surface area contributed by atoms with Gasteiger partial charge in [0.2, 0.25) is 0 Å². The minimum atomic E-state index is 0.197. The Morgan fingerprint density at radius 3 is 3.05 bits per heavy atom. The predicted octanol–water partition coefficient (Wildman–Crippen LogP) is 2.66. The fourth-order valence-corrected chi connectivity index (χ4v) is 3.71. The van der Waals surface area contributed by atoms with E-state index in [0.29, 0.717) is 29.7 Å². The van der Waals surface area contributed by atoms with E-state index in [2.05, 4.69) is 5.32 Å². The fourth-order valence-electron chi connectivity index (χ4n) is 3.71. The van der Waals surface area contributed by atoms with Gasteiger partial charge in [0, 0.05) is 12.5 Å². The molecule has 1 saturated carbocycles. The molecule has 0 aromatic heterocycles. The van der Waals surface area contributed by atoms with Crippen LogP contribution in [0.2, 0.25) is 0 Å². The van der Waals surface area contributed by atoms with Crippen molar-refractivity contribution in [2.45, 2.75) is 31.7 Å². The van der Waals surface area contributed by atoms with Gasteiger partial charge in [-0.1, -0.05) is 18.6 Å². The summed E-state index contributed by atoms with van der Waals surface area (Å²) >= 11 is 0. The summed E-state index contributed by atoms with van der Waals surface area (Å²) in [7, 11) is 1.62. The van der Waals surface area contributed by atoms with Crippen LogP contribution in [-0.2, 0) is 0 Å². The summed E-state index contributed by atoms with van der Waals surface area (Å²) < 4.78 is 5.28. The van der Waals surface area contributed by atoms with Gasteiger partial charge in [0.1, 0.15) is 5.75 Å². The monoisotopic (exact) mass is 259 g/mol. The molecule has 2 aliphatic rings. The van der Waals surface area contributed by atoms with E-state index >= 15 is 0 Å². The van der Waals surface area contributed by atoms with Crippen LogP contribution in [-0.4, -0.2) is 25.5 Å². The largest absolute Gasteiger partial charge is 0.496 e. The summed E-state index contributed by atoms with van der Waals surface area (Å²) in [5.41, 5.74) is 0.716. The van der Waals surface area contributed by atoms with Crippen molar-refractivity contribution in [2.24, 2.45) is 11.8 Å². The second-order valence-corrected chi connectivity index (χ2v) is 5.70. The second-order valence-electron chi connectivity index (χ2n) is 5.70. The molecule has 0 amide bonds. The van der Waals surface area contributed by atoms with Crippen LogP contribution in [0.1, 0.15) is 36.0 Å². The average Bonchev–Trinajstić information content (AvgIpc) is 3.03. The van der Waals surface area contributed by atoms with E-state index in [-0.39, 0.29) is 5.78 Å². The smallest absolute Gasteiger partial charge is 0.168 e. The Balaban J connectivity index is 1.71. The zero-order valence-corrected chi connectivity index (χ0v) is 11.4. The molecular weight excluding hydrogens is 238 g/mol. The van der Waals surface area contributed by atoms with Crippen LogP contribution < -0.4 is 10.1 Å². The molecule has 19 heavy (non-hydrogen) atoms. The molecule has 2 fully saturated rings. The van der Waals surface area contributed by atoms with Gasteiger partial charge in [-0.15, -0.1) is 0 Å². The maximum Gasteiger partial charge on any atom is 0.168 e. The van der Waals surface area contributed by atoms with Gasteiger partial charge in [-0.05, 0) is 43.4 Å². The molecule has 3 atom stereocenters. The first-order valence-electron chi connectivity index (χ1n) is 7.19. The Hall–Kier alpha value is -1.35. The zero-order valence-electron chi connectivity index (χ0n) is 11.4. The van der Waals surface area contributed by atoms with Crippen LogP contribution >= 0.6 is 0 Å². The third kappa shape index (κ3) is 2.39. The van der Waals surface area contributed by atoms with Gasteiger partial charge in [-0.3, -0.25) is 4.79 Å². The first kappa shape index (κ1) is 12.7. The summed E-state index contributed by atoms with van der Waals surface area (Å²) in [5, 5.41) is 3.54. The van der Waals surface area contributed by atoms with E-state index in [4.69, 9.17) is 4.74 Å². The highest BCUT2D eigenvalue weighted by atomic mass is 16.5. The lowest BCUT2D eigenvalue weighted by Gasteiger charge is -2.18. The van der Waals surface area contributed by atoms with Gasteiger partial charge in [-0.2, -0.15) is 0 Å². The second kappa shape index (κ2) is 5.33. The van der Waals surface area contributed by atoms with Crippen LogP contribution in [0, 0.1) is 11.8 Å². The Morgan fingerprint density at radius 2 is 2.21 bits per heavy atom. The molecule has 3 nitrogen and oxygen atoms in total. The van der Waals surface area contributed by atoms with E-state index in [0.717, 1.165) is 12.5 Å². The number of hydrogen-bond donors (Lipinski definition) is 1. The SMILES string of the molecule is COc1ccccc1C(=O)CC1NCC2CCCC21. The van der Waals surface area contributed by atoms with Crippen molar-refractivity contribution < 1.29 is 9.53 Å².